The number of aromatic nitrogens is 4. The lowest BCUT2D eigenvalue weighted by molar-refractivity contribution is 0.401. The van der Waals surface area contributed by atoms with E-state index in [1.165, 1.54) is 57.1 Å². The Labute approximate surface area is 491 Å². The van der Waals surface area contributed by atoms with Crippen LogP contribution in [0.5, 0.6) is 0 Å². The quantitative estimate of drug-likeness (QED) is 0.0564. The van der Waals surface area contributed by atoms with E-state index >= 15 is 0 Å². The maximum absolute atomic E-state index is 4.81. The minimum atomic E-state index is -0.209. The standard InChI is InChI=1S/C75H77IN4/c1-7-13-39-73(40-14-8-2)61-48-53(26-28-55-32-38-66(80-51-55)64-24-20-22-46-78-64)30-35-58(61)68-70(73)67-57-34-29-52(25-27-54-31-37-65(79-50-54)63-23-19-21-45-77-63)47-60(57)74(41-15-9-3,42-16-10-4)71(67)69-59-36-33-56(76)49-62(59)75(72(68)69,43-17-11-5)44-18-12-6/h19-24,29-38,45-51H,7-18,39-44H2,1-6H3. The topological polar surface area (TPSA) is 51.6 Å². The van der Waals surface area contributed by atoms with Gasteiger partial charge in [0.15, 0.2) is 0 Å². The molecule has 4 aromatic carbocycles. The molecule has 0 saturated carbocycles. The smallest absolute Gasteiger partial charge is 0.0887 e. The van der Waals surface area contributed by atoms with E-state index in [9.17, 15) is 0 Å². The van der Waals surface area contributed by atoms with Gasteiger partial charge in [0.05, 0.1) is 22.8 Å². The largest absolute Gasteiger partial charge is 0.255 e. The van der Waals surface area contributed by atoms with Crippen LogP contribution in [0.4, 0.5) is 0 Å². The Bertz CT molecular complexity index is 3510. The van der Waals surface area contributed by atoms with E-state index in [0.29, 0.717) is 0 Å². The molecule has 0 saturated heterocycles. The number of hydrogen-bond acceptors (Lipinski definition) is 4. The van der Waals surface area contributed by atoms with Crippen LogP contribution in [0.3, 0.4) is 0 Å². The van der Waals surface area contributed by atoms with Crippen LogP contribution in [-0.4, -0.2) is 19.9 Å². The maximum atomic E-state index is 4.81. The summed E-state index contributed by atoms with van der Waals surface area (Å²) in [4.78, 5) is 18.7. The Morgan fingerprint density at radius 1 is 0.350 bits per heavy atom. The van der Waals surface area contributed by atoms with Gasteiger partial charge in [0.1, 0.15) is 0 Å². The van der Waals surface area contributed by atoms with Crippen LogP contribution in [0.25, 0.3) is 56.2 Å². The van der Waals surface area contributed by atoms with Crippen molar-refractivity contribution in [2.45, 2.75) is 173 Å². The molecule has 11 rings (SSSR count). The van der Waals surface area contributed by atoms with Gasteiger partial charge in [-0.3, -0.25) is 19.9 Å². The number of pyridine rings is 4. The number of fused-ring (bicyclic) bond motifs is 12. The molecule has 0 radical (unpaired) electrons. The molecule has 0 aliphatic heterocycles. The first kappa shape index (κ1) is 55.2. The molecule has 4 aromatic heterocycles. The normalized spacial score (nSPS) is 14.2. The first-order valence-electron chi connectivity index (χ1n) is 30.4. The minimum absolute atomic E-state index is 0.125. The highest BCUT2D eigenvalue weighted by molar-refractivity contribution is 14.1. The van der Waals surface area contributed by atoms with Crippen molar-refractivity contribution in [3.8, 4) is 79.8 Å². The molecule has 0 unspecified atom stereocenters. The molecule has 0 fully saturated rings. The molecular formula is C75H77IN4. The molecule has 3 aliphatic rings. The molecule has 5 heteroatoms. The average molecular weight is 1160 g/mol. The minimum Gasteiger partial charge on any atom is -0.255 e. The van der Waals surface area contributed by atoms with Gasteiger partial charge in [0.25, 0.3) is 0 Å². The molecule has 3 aliphatic carbocycles. The zero-order chi connectivity index (χ0) is 55.3. The fourth-order valence-electron chi connectivity index (χ4n) is 14.4. The van der Waals surface area contributed by atoms with Gasteiger partial charge in [-0.25, -0.2) is 0 Å². The fourth-order valence-corrected chi connectivity index (χ4v) is 14.9. The Hall–Kier alpha value is -6.67. The second-order valence-electron chi connectivity index (χ2n) is 23.1. The molecule has 4 nitrogen and oxygen atoms in total. The molecule has 0 amide bonds. The number of hydrogen-bond donors (Lipinski definition) is 0. The van der Waals surface area contributed by atoms with Crippen LogP contribution >= 0.6 is 22.6 Å². The van der Waals surface area contributed by atoms with Gasteiger partial charge in [-0.15, -0.1) is 0 Å². The maximum Gasteiger partial charge on any atom is 0.0887 e. The lowest BCUT2D eigenvalue weighted by Crippen LogP contribution is -2.31. The Balaban J connectivity index is 1.20. The van der Waals surface area contributed by atoms with Crippen LogP contribution in [0.2, 0.25) is 0 Å². The van der Waals surface area contributed by atoms with Gasteiger partial charge in [0.2, 0.25) is 0 Å². The summed E-state index contributed by atoms with van der Waals surface area (Å²) in [6, 6.07) is 42.6. The lowest BCUT2D eigenvalue weighted by atomic mass is 9.63. The summed E-state index contributed by atoms with van der Waals surface area (Å²) >= 11 is 2.62. The van der Waals surface area contributed by atoms with E-state index in [-0.39, 0.29) is 16.2 Å². The number of unbranched alkanes of at least 4 members (excludes halogenated alkanes) is 6. The zero-order valence-corrected chi connectivity index (χ0v) is 50.3. The van der Waals surface area contributed by atoms with Crippen molar-refractivity contribution in [3.63, 3.8) is 0 Å². The molecule has 0 N–H and O–H groups in total. The molecule has 0 bridgehead atoms. The van der Waals surface area contributed by atoms with Gasteiger partial charge in [-0.2, -0.15) is 0 Å². The summed E-state index contributed by atoms with van der Waals surface area (Å²) in [5.41, 5.74) is 25.4. The lowest BCUT2D eigenvalue weighted by Gasteiger charge is -2.39. The van der Waals surface area contributed by atoms with Gasteiger partial charge in [0, 0.05) is 66.9 Å². The van der Waals surface area contributed by atoms with E-state index < -0.39 is 0 Å². The van der Waals surface area contributed by atoms with E-state index in [4.69, 9.17) is 9.97 Å². The average Bonchev–Trinajstić information content (AvgIpc) is 4.27. The highest BCUT2D eigenvalue weighted by atomic mass is 127. The van der Waals surface area contributed by atoms with Crippen LogP contribution < -0.4 is 0 Å². The van der Waals surface area contributed by atoms with Crippen molar-refractivity contribution in [3.05, 3.63) is 199 Å². The van der Waals surface area contributed by atoms with Crippen molar-refractivity contribution in [1.29, 1.82) is 0 Å². The number of nitrogens with zero attached hydrogens (tertiary/aromatic N) is 4. The molecule has 4 heterocycles. The Kier molecular flexibility index (Phi) is 16.7. The van der Waals surface area contributed by atoms with Crippen LogP contribution in [-0.2, 0) is 16.2 Å². The van der Waals surface area contributed by atoms with E-state index in [1.807, 2.05) is 73.3 Å². The van der Waals surface area contributed by atoms with Gasteiger partial charge in [-0.05, 0) is 213 Å². The summed E-state index contributed by atoms with van der Waals surface area (Å²) in [7, 11) is 0. The number of benzene rings is 4. The van der Waals surface area contributed by atoms with E-state index in [0.717, 1.165) is 135 Å². The first-order valence-corrected chi connectivity index (χ1v) is 31.5. The summed E-state index contributed by atoms with van der Waals surface area (Å²) in [6.07, 6.45) is 28.1. The van der Waals surface area contributed by atoms with Crippen molar-refractivity contribution >= 4 is 22.6 Å². The zero-order valence-electron chi connectivity index (χ0n) is 48.2. The molecular weight excluding hydrogens is 1080 g/mol. The van der Waals surface area contributed by atoms with Crippen LogP contribution in [0.15, 0.2) is 140 Å². The Morgan fingerprint density at radius 3 is 1.00 bits per heavy atom. The fraction of sp³-hybridized carbons (Fsp3) is 0.360. The molecule has 404 valence electrons. The first-order chi connectivity index (χ1) is 39.3. The van der Waals surface area contributed by atoms with Crippen molar-refractivity contribution in [2.24, 2.45) is 0 Å². The SMILES string of the molecule is CCCCC1(CCCC)c2cc(I)ccc2-c2c1c1c(c3c2C(CCCC)(CCCC)c2cc(C#Cc4ccc(-c5ccccn5)nc4)ccc2-3)C(CCCC)(CCCC)c2cc(C#Cc3ccc(-c4ccccn4)nc3)ccc2-1. The predicted molar refractivity (Wildman–Crippen MR) is 342 cm³/mol. The predicted octanol–water partition coefficient (Wildman–Crippen LogP) is 19.9. The van der Waals surface area contributed by atoms with Gasteiger partial charge in [-0.1, -0.05) is 173 Å². The number of halogens is 1. The third kappa shape index (κ3) is 9.95. The summed E-state index contributed by atoms with van der Waals surface area (Å²) in [5.74, 6) is 14.6. The van der Waals surface area contributed by atoms with Gasteiger partial charge < -0.3 is 0 Å². The van der Waals surface area contributed by atoms with Crippen LogP contribution in [0, 0.1) is 27.3 Å². The highest BCUT2D eigenvalue weighted by Crippen LogP contribution is 2.71. The van der Waals surface area contributed by atoms with Crippen LogP contribution in [0.1, 0.15) is 213 Å². The Morgan fingerprint density at radius 2 is 0.675 bits per heavy atom. The summed E-state index contributed by atoms with van der Waals surface area (Å²) < 4.78 is 1.33. The van der Waals surface area contributed by atoms with E-state index in [1.54, 1.807) is 38.9 Å². The monoisotopic (exact) mass is 1160 g/mol. The van der Waals surface area contributed by atoms with Crippen molar-refractivity contribution < 1.29 is 0 Å². The summed E-state index contributed by atoms with van der Waals surface area (Å²) in [5, 5.41) is 0. The third-order valence-electron chi connectivity index (χ3n) is 18.1. The van der Waals surface area contributed by atoms with Crippen molar-refractivity contribution in [1.82, 2.24) is 19.9 Å². The second-order valence-corrected chi connectivity index (χ2v) is 24.4. The van der Waals surface area contributed by atoms with Gasteiger partial charge >= 0.3 is 0 Å². The molecule has 0 spiro atoms. The van der Waals surface area contributed by atoms with Crippen molar-refractivity contribution in [2.75, 3.05) is 0 Å². The number of rotatable bonds is 20. The highest BCUT2D eigenvalue weighted by Gasteiger charge is 2.57. The molecule has 80 heavy (non-hydrogen) atoms. The summed E-state index contributed by atoms with van der Waals surface area (Å²) in [6.45, 7) is 14.4. The third-order valence-corrected chi connectivity index (χ3v) is 18.8. The second kappa shape index (κ2) is 24.2. The molecule has 0 atom stereocenters. The molecule has 8 aromatic rings. The van der Waals surface area contributed by atoms with E-state index in [2.05, 4.69) is 165 Å².